The summed E-state index contributed by atoms with van der Waals surface area (Å²) in [4.78, 5) is 36.6. The van der Waals surface area contributed by atoms with E-state index in [-0.39, 0.29) is 22.1 Å². The number of aromatic nitrogens is 3. The highest BCUT2D eigenvalue weighted by atomic mass is 35.5. The van der Waals surface area contributed by atoms with E-state index in [0.717, 1.165) is 0 Å². The summed E-state index contributed by atoms with van der Waals surface area (Å²) < 4.78 is 0. The summed E-state index contributed by atoms with van der Waals surface area (Å²) in [6, 6.07) is 7.61. The van der Waals surface area contributed by atoms with Crippen LogP contribution in [0.2, 0.25) is 15.2 Å². The van der Waals surface area contributed by atoms with E-state index in [2.05, 4.69) is 25.6 Å². The number of anilines is 2. The molecule has 0 bridgehead atoms. The van der Waals surface area contributed by atoms with Crippen LogP contribution in [0.3, 0.4) is 0 Å². The van der Waals surface area contributed by atoms with Crippen LogP contribution in [0.15, 0.2) is 48.9 Å². The Labute approximate surface area is 168 Å². The van der Waals surface area contributed by atoms with Gasteiger partial charge in [-0.1, -0.05) is 34.8 Å². The van der Waals surface area contributed by atoms with Gasteiger partial charge in [0.15, 0.2) is 0 Å². The third-order valence-electron chi connectivity index (χ3n) is 3.30. The molecule has 7 nitrogen and oxygen atoms in total. The first-order valence-electron chi connectivity index (χ1n) is 7.44. The molecule has 27 heavy (non-hydrogen) atoms. The van der Waals surface area contributed by atoms with Crippen LogP contribution in [-0.2, 0) is 0 Å². The van der Waals surface area contributed by atoms with Crippen molar-refractivity contribution in [3.63, 3.8) is 0 Å². The first-order chi connectivity index (χ1) is 12.9. The normalized spacial score (nSPS) is 10.3. The van der Waals surface area contributed by atoms with Crippen LogP contribution in [0.4, 0.5) is 11.5 Å². The molecule has 0 aliphatic rings. The number of halogens is 3. The fourth-order valence-corrected chi connectivity index (χ4v) is 2.44. The van der Waals surface area contributed by atoms with E-state index < -0.39 is 11.8 Å². The van der Waals surface area contributed by atoms with Crippen LogP contribution < -0.4 is 10.6 Å². The van der Waals surface area contributed by atoms with Gasteiger partial charge in [-0.15, -0.1) is 0 Å². The molecular weight excluding hydrogens is 413 g/mol. The van der Waals surface area contributed by atoms with Crippen molar-refractivity contribution in [1.82, 2.24) is 15.0 Å². The van der Waals surface area contributed by atoms with Gasteiger partial charge in [0.2, 0.25) is 0 Å². The Hall–Kier alpha value is -2.74. The molecule has 2 heterocycles. The van der Waals surface area contributed by atoms with Gasteiger partial charge in [0.1, 0.15) is 16.7 Å². The third-order valence-corrected chi connectivity index (χ3v) is 3.95. The Morgan fingerprint density at radius 2 is 1.56 bits per heavy atom. The fraction of sp³-hybridized carbons (Fsp3) is 0. The lowest BCUT2D eigenvalue weighted by Crippen LogP contribution is -2.19. The minimum absolute atomic E-state index is 0.0417. The second-order valence-corrected chi connectivity index (χ2v) is 6.44. The van der Waals surface area contributed by atoms with Crippen molar-refractivity contribution < 1.29 is 9.59 Å². The zero-order chi connectivity index (χ0) is 19.4. The van der Waals surface area contributed by atoms with Crippen molar-refractivity contribution >= 4 is 58.1 Å². The second kappa shape index (κ2) is 8.30. The van der Waals surface area contributed by atoms with Crippen molar-refractivity contribution in [3.8, 4) is 0 Å². The number of pyridine rings is 1. The first kappa shape index (κ1) is 19.0. The van der Waals surface area contributed by atoms with E-state index in [9.17, 15) is 9.59 Å². The lowest BCUT2D eigenvalue weighted by molar-refractivity contribution is 0.102. The summed E-state index contributed by atoms with van der Waals surface area (Å²) in [6.45, 7) is 0. The predicted molar refractivity (Wildman–Crippen MR) is 104 cm³/mol. The molecule has 136 valence electrons. The van der Waals surface area contributed by atoms with Gasteiger partial charge in [-0.05, 0) is 30.3 Å². The Kier molecular flexibility index (Phi) is 5.85. The molecule has 2 N–H and O–H groups in total. The maximum absolute atomic E-state index is 12.6. The Morgan fingerprint density at radius 1 is 0.778 bits per heavy atom. The first-order valence-corrected chi connectivity index (χ1v) is 8.57. The van der Waals surface area contributed by atoms with Crippen molar-refractivity contribution in [1.29, 1.82) is 0 Å². The largest absolute Gasteiger partial charge is 0.320 e. The summed E-state index contributed by atoms with van der Waals surface area (Å²) in [6.07, 6.45) is 3.88. The molecule has 0 aliphatic heterocycles. The van der Waals surface area contributed by atoms with E-state index in [0.29, 0.717) is 15.9 Å². The van der Waals surface area contributed by atoms with Crippen molar-refractivity contribution in [2.45, 2.75) is 0 Å². The average Bonchev–Trinajstić information content (AvgIpc) is 2.65. The zero-order valence-electron chi connectivity index (χ0n) is 13.4. The lowest BCUT2D eigenvalue weighted by Gasteiger charge is -2.11. The Bertz CT molecular complexity index is 994. The zero-order valence-corrected chi connectivity index (χ0v) is 15.7. The van der Waals surface area contributed by atoms with Crippen molar-refractivity contribution in [2.24, 2.45) is 0 Å². The van der Waals surface area contributed by atoms with E-state index >= 15 is 0 Å². The molecule has 3 rings (SSSR count). The number of nitrogens with one attached hydrogen (secondary N) is 2. The maximum atomic E-state index is 12.6. The van der Waals surface area contributed by atoms with Crippen LogP contribution in [0.1, 0.15) is 20.8 Å². The van der Waals surface area contributed by atoms with E-state index in [1.54, 1.807) is 18.2 Å². The predicted octanol–water partition coefficient (Wildman–Crippen LogP) is 4.34. The van der Waals surface area contributed by atoms with E-state index in [4.69, 9.17) is 34.8 Å². The molecule has 2 aromatic heterocycles. The highest BCUT2D eigenvalue weighted by Gasteiger charge is 2.17. The Balaban J connectivity index is 1.83. The highest BCUT2D eigenvalue weighted by Crippen LogP contribution is 2.23. The molecule has 3 aromatic rings. The number of rotatable bonds is 4. The number of nitrogens with zero attached hydrogens (tertiary/aromatic N) is 3. The van der Waals surface area contributed by atoms with E-state index in [1.807, 2.05) is 0 Å². The number of carbonyl (C=O) groups excluding carboxylic acids is 2. The van der Waals surface area contributed by atoms with Crippen LogP contribution in [-0.4, -0.2) is 26.8 Å². The van der Waals surface area contributed by atoms with Crippen LogP contribution >= 0.6 is 34.8 Å². The van der Waals surface area contributed by atoms with Gasteiger partial charge in [-0.3, -0.25) is 9.59 Å². The smallest absolute Gasteiger partial charge is 0.275 e. The van der Waals surface area contributed by atoms with Gasteiger partial charge in [-0.25, -0.2) is 15.0 Å². The van der Waals surface area contributed by atoms with Gasteiger partial charge in [0.25, 0.3) is 11.8 Å². The standard InChI is InChI=1S/C17H10Cl3N5O2/c18-9-1-3-12(24-17(27)13-7-22-14(20)8-21-13)11(5-9)16(26)25-15-4-2-10(19)6-23-15/h1-8H,(H,24,27)(H,23,25,26). The maximum Gasteiger partial charge on any atom is 0.275 e. The molecule has 0 spiro atoms. The molecule has 0 aliphatic carbocycles. The van der Waals surface area contributed by atoms with Crippen LogP contribution in [0, 0.1) is 0 Å². The molecule has 0 saturated carbocycles. The van der Waals surface area contributed by atoms with Crippen LogP contribution in [0.5, 0.6) is 0 Å². The summed E-state index contributed by atoms with van der Waals surface area (Å²) in [5.41, 5.74) is 0.433. The average molecular weight is 423 g/mol. The summed E-state index contributed by atoms with van der Waals surface area (Å²) >= 11 is 17.4. The van der Waals surface area contributed by atoms with Gasteiger partial charge < -0.3 is 10.6 Å². The fourth-order valence-electron chi connectivity index (χ4n) is 2.06. The SMILES string of the molecule is O=C(Nc1ccc(Cl)cc1C(=O)Nc1ccc(Cl)cn1)c1cnc(Cl)cn1. The quantitative estimate of drug-likeness (QED) is 0.652. The molecule has 1 aromatic carbocycles. The van der Waals surface area contributed by atoms with Gasteiger partial charge in [0, 0.05) is 11.2 Å². The number of hydrogen-bond acceptors (Lipinski definition) is 5. The molecule has 0 unspecified atom stereocenters. The summed E-state index contributed by atoms with van der Waals surface area (Å²) in [5.74, 6) is -0.768. The van der Waals surface area contributed by atoms with Crippen molar-refractivity contribution in [3.05, 3.63) is 75.4 Å². The minimum atomic E-state index is -0.555. The topological polar surface area (TPSA) is 96.9 Å². The number of hydrogen-bond donors (Lipinski definition) is 2. The molecule has 0 atom stereocenters. The Morgan fingerprint density at radius 3 is 2.22 bits per heavy atom. The number of benzene rings is 1. The molecule has 0 fully saturated rings. The minimum Gasteiger partial charge on any atom is -0.320 e. The number of amides is 2. The van der Waals surface area contributed by atoms with Crippen LogP contribution in [0.25, 0.3) is 0 Å². The molecule has 2 amide bonds. The summed E-state index contributed by atoms with van der Waals surface area (Å²) in [5, 5.41) is 6.14. The van der Waals surface area contributed by atoms with Gasteiger partial charge in [0.05, 0.1) is 28.7 Å². The van der Waals surface area contributed by atoms with E-state index in [1.165, 1.54) is 30.7 Å². The number of carbonyl (C=O) groups is 2. The molecule has 0 radical (unpaired) electrons. The monoisotopic (exact) mass is 421 g/mol. The third kappa shape index (κ3) is 4.91. The second-order valence-electron chi connectivity index (χ2n) is 5.18. The van der Waals surface area contributed by atoms with Crippen molar-refractivity contribution in [2.75, 3.05) is 10.6 Å². The molecule has 10 heteroatoms. The van der Waals surface area contributed by atoms with Gasteiger partial charge in [-0.2, -0.15) is 0 Å². The highest BCUT2D eigenvalue weighted by molar-refractivity contribution is 6.31. The lowest BCUT2D eigenvalue weighted by atomic mass is 10.1. The van der Waals surface area contributed by atoms with Gasteiger partial charge >= 0.3 is 0 Å². The molecular formula is C17H10Cl3N5O2. The molecule has 0 saturated heterocycles. The summed E-state index contributed by atoms with van der Waals surface area (Å²) in [7, 11) is 0.